The first kappa shape index (κ1) is 39.3. The minimum atomic E-state index is -0.853. The first-order valence-corrected chi connectivity index (χ1v) is 15.8. The van der Waals surface area contributed by atoms with Crippen LogP contribution in [0.5, 0.6) is 0 Å². The predicted molar refractivity (Wildman–Crippen MR) is 166 cm³/mol. The number of hydrogen-bond acceptors (Lipinski definition) is 7. The molecule has 0 saturated carbocycles. The fraction of sp³-hybridized carbons (Fsp3) is 0.839. The quantitative estimate of drug-likeness (QED) is 0.214. The van der Waals surface area contributed by atoms with Gasteiger partial charge in [0.15, 0.2) is 0 Å². The molecule has 0 aliphatic heterocycles. The summed E-state index contributed by atoms with van der Waals surface area (Å²) in [5, 5.41) is 3.21. The van der Waals surface area contributed by atoms with Gasteiger partial charge in [-0.15, -0.1) is 0 Å². The van der Waals surface area contributed by atoms with Crippen molar-refractivity contribution < 1.29 is 28.7 Å². The number of nitrogens with zero attached hydrogens (tertiary/aromatic N) is 4. The smallest absolute Gasteiger partial charge is 0.328 e. The number of nitrogens with one attached hydrogen (secondary N) is 1. The summed E-state index contributed by atoms with van der Waals surface area (Å²) >= 11 is 0. The summed E-state index contributed by atoms with van der Waals surface area (Å²) in [5.41, 5.74) is 0. The van der Waals surface area contributed by atoms with E-state index in [4.69, 9.17) is 4.74 Å². The van der Waals surface area contributed by atoms with Crippen LogP contribution in [0, 0.1) is 0 Å². The molecule has 0 unspecified atom stereocenters. The molecule has 244 valence electrons. The van der Waals surface area contributed by atoms with Gasteiger partial charge < -0.3 is 29.7 Å². The Hall–Kier alpha value is -2.69. The van der Waals surface area contributed by atoms with Crippen molar-refractivity contribution >= 4 is 29.6 Å². The van der Waals surface area contributed by atoms with E-state index in [9.17, 15) is 24.0 Å². The van der Waals surface area contributed by atoms with Crippen molar-refractivity contribution in [2.24, 2.45) is 0 Å². The van der Waals surface area contributed by atoms with Crippen LogP contribution in [0.25, 0.3) is 0 Å². The minimum Gasteiger partial charge on any atom is -0.467 e. The highest BCUT2D eigenvalue weighted by atomic mass is 16.5. The highest BCUT2D eigenvalue weighted by Gasteiger charge is 2.39. The molecule has 5 atom stereocenters. The number of rotatable bonds is 20. The van der Waals surface area contributed by atoms with Crippen LogP contribution in [0.4, 0.5) is 0 Å². The van der Waals surface area contributed by atoms with E-state index in [0.717, 1.165) is 6.42 Å². The van der Waals surface area contributed by atoms with Crippen LogP contribution in [-0.4, -0.2) is 119 Å². The van der Waals surface area contributed by atoms with Crippen molar-refractivity contribution in [2.75, 3.05) is 39.8 Å². The van der Waals surface area contributed by atoms with Crippen LogP contribution in [0.3, 0.4) is 0 Å². The largest absolute Gasteiger partial charge is 0.467 e. The summed E-state index contributed by atoms with van der Waals surface area (Å²) in [6.07, 6.45) is 3.44. The van der Waals surface area contributed by atoms with Crippen molar-refractivity contribution in [1.82, 2.24) is 24.9 Å². The number of carbonyl (C=O) groups is 5. The lowest BCUT2D eigenvalue weighted by molar-refractivity contribution is -0.158. The molecule has 0 fully saturated rings. The molecule has 0 aliphatic rings. The molecular formula is C31H59N5O6. The van der Waals surface area contributed by atoms with Crippen molar-refractivity contribution in [1.29, 1.82) is 0 Å². The second kappa shape index (κ2) is 20.3. The van der Waals surface area contributed by atoms with Gasteiger partial charge in [-0.05, 0) is 73.3 Å². The summed E-state index contributed by atoms with van der Waals surface area (Å²) in [6.45, 7) is 20.3. The average Bonchev–Trinajstić information content (AvgIpc) is 2.99. The third-order valence-electron chi connectivity index (χ3n) is 7.55. The molecule has 11 heteroatoms. The Morgan fingerprint density at radius 1 is 0.524 bits per heavy atom. The first-order chi connectivity index (χ1) is 19.8. The Bertz CT molecular complexity index is 869. The number of methoxy groups -OCH3 is 1. The van der Waals surface area contributed by atoms with Crippen LogP contribution in [0.1, 0.15) is 101 Å². The van der Waals surface area contributed by atoms with Crippen LogP contribution in [0.2, 0.25) is 0 Å². The van der Waals surface area contributed by atoms with Crippen molar-refractivity contribution in [3.05, 3.63) is 0 Å². The van der Waals surface area contributed by atoms with Crippen LogP contribution in [0.15, 0.2) is 0 Å². The third-order valence-corrected chi connectivity index (χ3v) is 7.55. The molecule has 0 aromatic heterocycles. The van der Waals surface area contributed by atoms with Crippen molar-refractivity contribution in [2.45, 2.75) is 132 Å². The molecule has 11 nitrogen and oxygen atoms in total. The number of hydrogen-bond donors (Lipinski definition) is 1. The molecule has 0 aromatic rings. The second-order valence-electron chi connectivity index (χ2n) is 11.0. The normalized spacial score (nSPS) is 14.6. The van der Waals surface area contributed by atoms with Gasteiger partial charge in [0.2, 0.25) is 23.6 Å². The fourth-order valence-electron chi connectivity index (χ4n) is 5.06. The maximum atomic E-state index is 14.0. The van der Waals surface area contributed by atoms with Crippen LogP contribution >= 0.6 is 0 Å². The third kappa shape index (κ3) is 10.9. The van der Waals surface area contributed by atoms with E-state index in [0.29, 0.717) is 58.4 Å². The Balaban J connectivity index is 6.21. The number of esters is 1. The maximum Gasteiger partial charge on any atom is 0.328 e. The van der Waals surface area contributed by atoms with Gasteiger partial charge in [-0.2, -0.15) is 0 Å². The summed E-state index contributed by atoms with van der Waals surface area (Å²) in [7, 11) is 1.28. The van der Waals surface area contributed by atoms with E-state index < -0.39 is 36.2 Å². The zero-order valence-electron chi connectivity index (χ0n) is 28.2. The van der Waals surface area contributed by atoms with Gasteiger partial charge in [-0.1, -0.05) is 34.6 Å². The van der Waals surface area contributed by atoms with Crippen LogP contribution in [-0.2, 0) is 28.7 Å². The molecule has 0 bridgehead atoms. The second-order valence-corrected chi connectivity index (χ2v) is 11.0. The SMILES string of the molecule is CCCN[C@H](C)C(=O)N(CCC)[C@H](C)C(=O)N(CCC)[C@H](C)C(=O)N(CCC)[C@H](C)C(=O)N(CCC)[C@H](C)C(=O)OC. The summed E-state index contributed by atoms with van der Waals surface area (Å²) in [6, 6.07) is -3.69. The van der Waals surface area contributed by atoms with E-state index in [1.165, 1.54) is 21.8 Å². The molecule has 4 amide bonds. The summed E-state index contributed by atoms with van der Waals surface area (Å²) in [5.74, 6) is -1.67. The summed E-state index contributed by atoms with van der Waals surface area (Å²) < 4.78 is 4.87. The van der Waals surface area contributed by atoms with Crippen molar-refractivity contribution in [3.8, 4) is 0 Å². The zero-order chi connectivity index (χ0) is 32.6. The van der Waals surface area contributed by atoms with Gasteiger partial charge >= 0.3 is 5.97 Å². The fourth-order valence-corrected chi connectivity index (χ4v) is 5.06. The van der Waals surface area contributed by atoms with E-state index in [1.807, 2.05) is 34.6 Å². The highest BCUT2D eigenvalue weighted by molar-refractivity contribution is 5.95. The molecule has 0 radical (unpaired) electrons. The molecule has 0 aliphatic carbocycles. The molecule has 0 heterocycles. The molecule has 0 spiro atoms. The number of ether oxygens (including phenoxy) is 1. The van der Waals surface area contributed by atoms with Gasteiger partial charge in [0.1, 0.15) is 24.2 Å². The van der Waals surface area contributed by atoms with E-state index in [-0.39, 0.29) is 23.6 Å². The van der Waals surface area contributed by atoms with Gasteiger partial charge in [0, 0.05) is 26.2 Å². The van der Waals surface area contributed by atoms with Crippen LogP contribution < -0.4 is 5.32 Å². The topological polar surface area (TPSA) is 120 Å². The standard InChI is InChI=1S/C31H59N5O6/c1-12-17-32-22(6)27(37)33(18-13-2)23(7)28(38)34(19-14-3)24(8)29(39)35(20-15-4)25(9)30(40)36(21-16-5)26(10)31(41)42-11/h22-26,32H,12-21H2,1-11H3/t22-,23-,24-,25-,26-/m1/s1. The Morgan fingerprint density at radius 2 is 0.833 bits per heavy atom. The van der Waals surface area contributed by atoms with E-state index in [1.54, 1.807) is 39.5 Å². The molecule has 0 rings (SSSR count). The molecule has 0 saturated heterocycles. The lowest BCUT2D eigenvalue weighted by atomic mass is 10.1. The Kier molecular flexibility index (Phi) is 19.0. The Morgan fingerprint density at radius 3 is 1.12 bits per heavy atom. The Labute approximate surface area is 254 Å². The average molecular weight is 598 g/mol. The summed E-state index contributed by atoms with van der Waals surface area (Å²) in [4.78, 5) is 73.2. The predicted octanol–water partition coefficient (Wildman–Crippen LogP) is 3.06. The highest BCUT2D eigenvalue weighted by Crippen LogP contribution is 2.17. The van der Waals surface area contributed by atoms with E-state index >= 15 is 0 Å². The van der Waals surface area contributed by atoms with Gasteiger partial charge in [-0.25, -0.2) is 4.79 Å². The molecule has 0 aromatic carbocycles. The molecular weight excluding hydrogens is 538 g/mol. The molecule has 1 N–H and O–H groups in total. The van der Waals surface area contributed by atoms with Gasteiger partial charge in [-0.3, -0.25) is 19.2 Å². The zero-order valence-corrected chi connectivity index (χ0v) is 28.2. The van der Waals surface area contributed by atoms with E-state index in [2.05, 4.69) is 5.32 Å². The molecule has 42 heavy (non-hydrogen) atoms. The van der Waals surface area contributed by atoms with Gasteiger partial charge in [0.25, 0.3) is 0 Å². The monoisotopic (exact) mass is 597 g/mol. The lowest BCUT2D eigenvalue weighted by Gasteiger charge is -2.39. The first-order valence-electron chi connectivity index (χ1n) is 15.8. The number of amides is 4. The maximum absolute atomic E-state index is 14.0. The minimum absolute atomic E-state index is 0.149. The lowest BCUT2D eigenvalue weighted by Crippen LogP contribution is -2.60. The number of carbonyl (C=O) groups excluding carboxylic acids is 5. The van der Waals surface area contributed by atoms with Crippen molar-refractivity contribution in [3.63, 3.8) is 0 Å². The van der Waals surface area contributed by atoms with Gasteiger partial charge in [0.05, 0.1) is 13.2 Å².